The third-order valence-electron chi connectivity index (χ3n) is 6.08. The molecule has 0 aliphatic carbocycles. The largest absolute Gasteiger partial charge is 0.381 e. The Labute approximate surface area is 154 Å². The van der Waals surface area contributed by atoms with E-state index in [1.807, 2.05) is 23.1 Å². The molecule has 3 aliphatic rings. The molecule has 6 nitrogen and oxygen atoms in total. The maximum absolute atomic E-state index is 12.6. The minimum absolute atomic E-state index is 0.0407. The van der Waals surface area contributed by atoms with Crippen molar-refractivity contribution < 1.29 is 14.3 Å². The summed E-state index contributed by atoms with van der Waals surface area (Å²) in [6.45, 7) is 3.89. The van der Waals surface area contributed by atoms with E-state index < -0.39 is 0 Å². The molecular weight excluding hydrogens is 330 g/mol. The molecule has 1 N–H and O–H groups in total. The first-order valence-corrected chi connectivity index (χ1v) is 9.66. The van der Waals surface area contributed by atoms with Gasteiger partial charge in [-0.15, -0.1) is 0 Å². The highest BCUT2D eigenvalue weighted by atomic mass is 16.5. The molecule has 0 saturated carbocycles. The average Bonchev–Trinajstić information content (AvgIpc) is 3.11. The van der Waals surface area contributed by atoms with Gasteiger partial charge in [0.15, 0.2) is 0 Å². The number of ether oxygens (including phenoxy) is 1. The number of carbonyl (C=O) groups excluding carboxylic acids is 2. The van der Waals surface area contributed by atoms with Gasteiger partial charge in [-0.05, 0) is 49.1 Å². The van der Waals surface area contributed by atoms with Crippen LogP contribution in [0.2, 0.25) is 0 Å². The summed E-state index contributed by atoms with van der Waals surface area (Å²) in [5, 5.41) is 2.85. The zero-order valence-corrected chi connectivity index (χ0v) is 15.2. The number of rotatable bonds is 2. The van der Waals surface area contributed by atoms with Crippen molar-refractivity contribution in [3.63, 3.8) is 0 Å². The maximum Gasteiger partial charge on any atom is 0.317 e. The van der Waals surface area contributed by atoms with E-state index in [0.29, 0.717) is 6.54 Å². The minimum Gasteiger partial charge on any atom is -0.381 e. The summed E-state index contributed by atoms with van der Waals surface area (Å²) in [6.07, 6.45) is 5.14. The number of fused-ring (bicyclic) bond motifs is 1. The minimum atomic E-state index is -0.114. The van der Waals surface area contributed by atoms with Gasteiger partial charge in [-0.3, -0.25) is 4.79 Å². The summed E-state index contributed by atoms with van der Waals surface area (Å²) in [5.74, 6) is -0.0407. The third-order valence-corrected chi connectivity index (χ3v) is 6.08. The van der Waals surface area contributed by atoms with Crippen molar-refractivity contribution in [1.29, 1.82) is 0 Å². The Balaban J connectivity index is 1.32. The second kappa shape index (κ2) is 7.27. The Bertz CT molecular complexity index is 679. The number of amides is 3. The summed E-state index contributed by atoms with van der Waals surface area (Å²) >= 11 is 0. The molecule has 26 heavy (non-hydrogen) atoms. The number of hydrogen-bond donors (Lipinski definition) is 1. The van der Waals surface area contributed by atoms with Crippen LogP contribution in [-0.4, -0.2) is 56.2 Å². The third kappa shape index (κ3) is 3.43. The van der Waals surface area contributed by atoms with E-state index in [-0.39, 0.29) is 23.9 Å². The first-order chi connectivity index (χ1) is 12.7. The van der Waals surface area contributed by atoms with Crippen LogP contribution in [-0.2, 0) is 16.0 Å². The number of nitrogens with zero attached hydrogens (tertiary/aromatic N) is 2. The van der Waals surface area contributed by atoms with Crippen LogP contribution in [0, 0.1) is 5.41 Å². The summed E-state index contributed by atoms with van der Waals surface area (Å²) in [4.78, 5) is 28.8. The molecule has 0 radical (unpaired) electrons. The molecule has 0 bridgehead atoms. The molecule has 140 valence electrons. The van der Waals surface area contributed by atoms with Crippen LogP contribution in [0.15, 0.2) is 24.3 Å². The Kier molecular flexibility index (Phi) is 4.85. The van der Waals surface area contributed by atoms with Crippen molar-refractivity contribution in [3.8, 4) is 0 Å². The van der Waals surface area contributed by atoms with E-state index in [1.165, 1.54) is 12.0 Å². The van der Waals surface area contributed by atoms with Gasteiger partial charge in [-0.25, -0.2) is 4.79 Å². The van der Waals surface area contributed by atoms with Gasteiger partial charge < -0.3 is 19.9 Å². The molecule has 2 fully saturated rings. The van der Waals surface area contributed by atoms with Crippen LogP contribution >= 0.6 is 0 Å². The Morgan fingerprint density at radius 3 is 2.77 bits per heavy atom. The van der Waals surface area contributed by atoms with Crippen LogP contribution in [0.4, 0.5) is 10.5 Å². The lowest BCUT2D eigenvalue weighted by atomic mass is 9.74. The van der Waals surface area contributed by atoms with Crippen LogP contribution in [0.25, 0.3) is 0 Å². The molecule has 3 heterocycles. The van der Waals surface area contributed by atoms with Gasteiger partial charge in [-0.1, -0.05) is 18.2 Å². The maximum atomic E-state index is 12.6. The average molecular weight is 357 g/mol. The van der Waals surface area contributed by atoms with E-state index in [4.69, 9.17) is 4.74 Å². The first-order valence-electron chi connectivity index (χ1n) is 9.66. The molecule has 0 unspecified atom stereocenters. The predicted octanol–water partition coefficient (Wildman–Crippen LogP) is 2.18. The number of likely N-dealkylation sites (tertiary alicyclic amines) is 1. The normalized spacial score (nSPS) is 21.5. The number of urea groups is 1. The smallest absolute Gasteiger partial charge is 0.317 e. The number of nitrogens with one attached hydrogen (secondary N) is 1. The van der Waals surface area contributed by atoms with E-state index in [2.05, 4.69) is 11.4 Å². The number of para-hydroxylation sites is 1. The van der Waals surface area contributed by atoms with Gasteiger partial charge in [0.2, 0.25) is 5.91 Å². The van der Waals surface area contributed by atoms with Gasteiger partial charge >= 0.3 is 6.03 Å². The zero-order chi connectivity index (χ0) is 18.0. The molecule has 2 saturated heterocycles. The van der Waals surface area contributed by atoms with E-state index >= 15 is 0 Å². The number of benzene rings is 1. The Morgan fingerprint density at radius 1 is 1.12 bits per heavy atom. The topological polar surface area (TPSA) is 61.9 Å². The summed E-state index contributed by atoms with van der Waals surface area (Å²) < 4.78 is 5.49. The fraction of sp³-hybridized carbons (Fsp3) is 0.600. The first kappa shape index (κ1) is 17.3. The number of piperidine rings is 1. The summed E-state index contributed by atoms with van der Waals surface area (Å²) in [5.41, 5.74) is 2.39. The van der Waals surface area contributed by atoms with Crippen molar-refractivity contribution >= 4 is 17.6 Å². The molecular formula is C20H27N3O3. The van der Waals surface area contributed by atoms with Crippen LogP contribution in [0.3, 0.4) is 0 Å². The van der Waals surface area contributed by atoms with Crippen LogP contribution < -0.4 is 10.2 Å². The SMILES string of the molecule is O=C(NCC(=O)N1CCc2ccccc21)N1CCCC2(CCOCC2)C1. The second-order valence-corrected chi connectivity index (χ2v) is 7.72. The van der Waals surface area contributed by atoms with Crippen molar-refractivity contribution in [2.45, 2.75) is 32.1 Å². The van der Waals surface area contributed by atoms with Gasteiger partial charge in [0.25, 0.3) is 0 Å². The summed E-state index contributed by atoms with van der Waals surface area (Å²) in [6, 6.07) is 7.86. The van der Waals surface area contributed by atoms with E-state index in [1.54, 1.807) is 4.90 Å². The molecule has 1 aromatic carbocycles. The molecule has 3 amide bonds. The fourth-order valence-electron chi connectivity index (χ4n) is 4.55. The molecule has 1 spiro atoms. The van der Waals surface area contributed by atoms with Gasteiger partial charge in [0, 0.05) is 38.5 Å². The number of hydrogen-bond acceptors (Lipinski definition) is 3. The van der Waals surface area contributed by atoms with Crippen molar-refractivity contribution in [2.24, 2.45) is 5.41 Å². The Hall–Kier alpha value is -2.08. The molecule has 0 aromatic heterocycles. The highest BCUT2D eigenvalue weighted by molar-refractivity contribution is 5.98. The lowest BCUT2D eigenvalue weighted by Crippen LogP contribution is -2.52. The van der Waals surface area contributed by atoms with Gasteiger partial charge in [0.05, 0.1) is 6.54 Å². The highest BCUT2D eigenvalue weighted by Crippen LogP contribution is 2.39. The Morgan fingerprint density at radius 2 is 1.92 bits per heavy atom. The van der Waals surface area contributed by atoms with Gasteiger partial charge in [-0.2, -0.15) is 0 Å². The van der Waals surface area contributed by atoms with Crippen LogP contribution in [0.1, 0.15) is 31.2 Å². The van der Waals surface area contributed by atoms with Crippen molar-refractivity contribution in [3.05, 3.63) is 29.8 Å². The zero-order valence-electron chi connectivity index (χ0n) is 15.2. The number of carbonyl (C=O) groups is 2. The lowest BCUT2D eigenvalue weighted by Gasteiger charge is -2.45. The molecule has 4 rings (SSSR count). The van der Waals surface area contributed by atoms with Crippen LogP contribution in [0.5, 0.6) is 0 Å². The summed E-state index contributed by atoms with van der Waals surface area (Å²) in [7, 11) is 0. The molecule has 0 atom stereocenters. The quantitative estimate of drug-likeness (QED) is 0.882. The van der Waals surface area contributed by atoms with E-state index in [0.717, 1.165) is 57.7 Å². The number of anilines is 1. The van der Waals surface area contributed by atoms with E-state index in [9.17, 15) is 9.59 Å². The monoisotopic (exact) mass is 357 g/mol. The molecule has 3 aliphatic heterocycles. The molecule has 6 heteroatoms. The lowest BCUT2D eigenvalue weighted by molar-refractivity contribution is -0.117. The fourth-order valence-corrected chi connectivity index (χ4v) is 4.55. The standard InChI is InChI=1S/C20H27N3O3/c24-18(23-11-6-16-4-1-2-5-17(16)23)14-21-19(25)22-10-3-7-20(15-22)8-12-26-13-9-20/h1-2,4-5H,3,6-15H2,(H,21,25). The predicted molar refractivity (Wildman–Crippen MR) is 99.2 cm³/mol. The molecule has 1 aromatic rings. The van der Waals surface area contributed by atoms with Crippen molar-refractivity contribution in [1.82, 2.24) is 10.2 Å². The second-order valence-electron chi connectivity index (χ2n) is 7.72. The highest BCUT2D eigenvalue weighted by Gasteiger charge is 2.38. The van der Waals surface area contributed by atoms with Gasteiger partial charge in [0.1, 0.15) is 0 Å². The van der Waals surface area contributed by atoms with Crippen molar-refractivity contribution in [2.75, 3.05) is 44.3 Å².